The summed E-state index contributed by atoms with van der Waals surface area (Å²) in [6, 6.07) is 19.2. The molecule has 0 bridgehead atoms. The molecule has 0 amide bonds. The highest BCUT2D eigenvalue weighted by atomic mass is 16.3. The van der Waals surface area contributed by atoms with Crippen molar-refractivity contribution in [3.8, 4) is 34.1 Å². The van der Waals surface area contributed by atoms with Crippen LogP contribution in [-0.4, -0.2) is 15.3 Å². The van der Waals surface area contributed by atoms with Crippen LogP contribution in [-0.2, 0) is 0 Å². The van der Waals surface area contributed by atoms with E-state index in [0.717, 1.165) is 0 Å². The molecule has 2 aromatic carbocycles. The van der Waals surface area contributed by atoms with Gasteiger partial charge in [-0.25, -0.2) is 0 Å². The van der Waals surface area contributed by atoms with Gasteiger partial charge in [0.25, 0.3) is 0 Å². The average molecular weight is 372 g/mol. The molecule has 0 fully saturated rings. The van der Waals surface area contributed by atoms with Gasteiger partial charge in [0.1, 0.15) is 28.8 Å². The number of phenolic OH excluding ortho intramolecular Hbond substituents is 2. The van der Waals surface area contributed by atoms with Crippen LogP contribution in [0.3, 0.4) is 0 Å². The molecule has 4 rings (SSSR count). The average Bonchev–Trinajstić information content (AvgIpc) is 2.68. The fourth-order valence-corrected chi connectivity index (χ4v) is 3.04. The fourth-order valence-electron chi connectivity index (χ4n) is 3.04. The van der Waals surface area contributed by atoms with Gasteiger partial charge in [-0.3, -0.25) is 4.79 Å². The molecule has 0 unspecified atom stereocenters. The predicted octanol–water partition coefficient (Wildman–Crippen LogP) is 4.88. The van der Waals surface area contributed by atoms with E-state index in [-0.39, 0.29) is 28.3 Å². The van der Waals surface area contributed by atoms with Gasteiger partial charge in [-0.15, -0.1) is 0 Å². The number of aliphatic hydroxyl groups is 1. The van der Waals surface area contributed by atoms with Crippen LogP contribution in [0.15, 0.2) is 82.0 Å². The van der Waals surface area contributed by atoms with Crippen molar-refractivity contribution in [3.05, 3.63) is 94.1 Å². The normalized spacial score (nSPS) is 11.6. The summed E-state index contributed by atoms with van der Waals surface area (Å²) < 4.78 is 5.84. The smallest absolute Gasteiger partial charge is 0.182 e. The molecule has 1 aliphatic carbocycles. The molecule has 0 spiro atoms. The molecule has 0 radical (unpaired) electrons. The van der Waals surface area contributed by atoms with E-state index in [1.165, 1.54) is 30.3 Å². The monoisotopic (exact) mass is 372 g/mol. The first-order valence-electron chi connectivity index (χ1n) is 8.58. The Morgan fingerprint density at radius 1 is 0.786 bits per heavy atom. The topological polar surface area (TPSA) is 90.9 Å². The minimum Gasteiger partial charge on any atom is -0.507 e. The second-order valence-corrected chi connectivity index (χ2v) is 6.29. The van der Waals surface area contributed by atoms with E-state index in [1.807, 2.05) is 0 Å². The van der Waals surface area contributed by atoms with Crippen molar-refractivity contribution < 1.29 is 19.7 Å². The van der Waals surface area contributed by atoms with Crippen molar-refractivity contribution in [2.75, 3.05) is 0 Å². The summed E-state index contributed by atoms with van der Waals surface area (Å²) in [5.74, 6) is 0.504. The molecule has 3 N–H and O–H groups in total. The van der Waals surface area contributed by atoms with Gasteiger partial charge >= 0.3 is 0 Å². The van der Waals surface area contributed by atoms with Gasteiger partial charge in [0.05, 0.1) is 11.1 Å². The Hall–Kier alpha value is -3.99. The summed E-state index contributed by atoms with van der Waals surface area (Å²) in [6.07, 6.45) is 1.49. The van der Waals surface area contributed by atoms with Crippen molar-refractivity contribution in [1.82, 2.24) is 0 Å². The molecule has 0 saturated heterocycles. The minimum atomic E-state index is -0.217. The maximum atomic E-state index is 11.8. The lowest BCUT2D eigenvalue weighted by Gasteiger charge is -2.13. The van der Waals surface area contributed by atoms with Crippen molar-refractivity contribution in [3.63, 3.8) is 0 Å². The summed E-state index contributed by atoms with van der Waals surface area (Å²) in [6.45, 7) is 0. The largest absolute Gasteiger partial charge is 0.507 e. The number of rotatable bonds is 3. The first-order valence-corrected chi connectivity index (χ1v) is 8.58. The van der Waals surface area contributed by atoms with Crippen molar-refractivity contribution in [2.45, 2.75) is 0 Å². The number of phenols is 2. The summed E-state index contributed by atoms with van der Waals surface area (Å²) in [7, 11) is 0. The van der Waals surface area contributed by atoms with Crippen molar-refractivity contribution in [1.29, 1.82) is 0 Å². The molecule has 138 valence electrons. The zero-order chi connectivity index (χ0) is 19.7. The van der Waals surface area contributed by atoms with Gasteiger partial charge in [0.2, 0.25) is 0 Å². The maximum Gasteiger partial charge on any atom is 0.182 e. The molecular weight excluding hydrogens is 356 g/mol. The molecule has 0 atom stereocenters. The third-order valence-electron chi connectivity index (χ3n) is 4.41. The number of fused-ring (bicyclic) bond motifs is 1. The molecule has 5 nitrogen and oxygen atoms in total. The zero-order valence-electron chi connectivity index (χ0n) is 14.7. The van der Waals surface area contributed by atoms with Crippen LogP contribution in [0.25, 0.3) is 34.5 Å². The minimum absolute atomic E-state index is 0.0312. The van der Waals surface area contributed by atoms with Crippen LogP contribution in [0, 0.1) is 0 Å². The first-order chi connectivity index (χ1) is 13.5. The Labute approximate surface area is 160 Å². The van der Waals surface area contributed by atoms with E-state index in [9.17, 15) is 20.1 Å². The molecule has 2 aliphatic rings. The number of hydrogen-bond acceptors (Lipinski definition) is 5. The number of hydrogen-bond donors (Lipinski definition) is 3. The highest BCUT2D eigenvalue weighted by Gasteiger charge is 2.16. The van der Waals surface area contributed by atoms with E-state index in [1.54, 1.807) is 48.5 Å². The quantitative estimate of drug-likeness (QED) is 0.446. The van der Waals surface area contributed by atoms with E-state index >= 15 is 0 Å². The van der Waals surface area contributed by atoms with Gasteiger partial charge in [-0.1, -0.05) is 24.3 Å². The Balaban J connectivity index is 1.95. The van der Waals surface area contributed by atoms with Gasteiger partial charge < -0.3 is 19.7 Å². The Kier molecular flexibility index (Phi) is 4.33. The molecule has 5 heteroatoms. The van der Waals surface area contributed by atoms with Crippen molar-refractivity contribution in [2.24, 2.45) is 0 Å². The van der Waals surface area contributed by atoms with Crippen LogP contribution in [0.4, 0.5) is 0 Å². The summed E-state index contributed by atoms with van der Waals surface area (Å²) in [5.41, 5.74) is 1.70. The maximum absolute atomic E-state index is 11.8. The van der Waals surface area contributed by atoms with E-state index in [4.69, 9.17) is 4.42 Å². The van der Waals surface area contributed by atoms with E-state index < -0.39 is 0 Å². The Bertz CT molecular complexity index is 1220. The standard InChI is InChI=1S/C23H16O5/c24-15-9-10-16-14(11-21(27)17-5-1-3-7-19(17)25)12-22(28-23(16)13-15)18-6-2-4-8-20(18)26/h1-13,25-27H. The van der Waals surface area contributed by atoms with E-state index in [0.29, 0.717) is 28.2 Å². The van der Waals surface area contributed by atoms with Crippen LogP contribution in [0.1, 0.15) is 11.1 Å². The van der Waals surface area contributed by atoms with Crippen LogP contribution in [0.5, 0.6) is 11.5 Å². The van der Waals surface area contributed by atoms with Crippen molar-refractivity contribution >= 4 is 11.8 Å². The number of benzene rings is 3. The molecule has 2 aromatic rings. The SMILES string of the molecule is O=c1ccc2c(C=C(O)c3ccccc3O)cc(-c3ccccc3O)oc-2c1. The molecule has 28 heavy (non-hydrogen) atoms. The molecule has 0 saturated carbocycles. The summed E-state index contributed by atoms with van der Waals surface area (Å²) in [4.78, 5) is 11.8. The number of aromatic hydroxyl groups is 2. The van der Waals surface area contributed by atoms with Gasteiger partial charge in [0, 0.05) is 11.6 Å². The predicted molar refractivity (Wildman–Crippen MR) is 107 cm³/mol. The highest BCUT2D eigenvalue weighted by Crippen LogP contribution is 2.37. The van der Waals surface area contributed by atoms with Gasteiger partial charge in [0.15, 0.2) is 5.43 Å². The Morgan fingerprint density at radius 2 is 1.46 bits per heavy atom. The second-order valence-electron chi connectivity index (χ2n) is 6.29. The van der Waals surface area contributed by atoms with E-state index in [2.05, 4.69) is 0 Å². The van der Waals surface area contributed by atoms with Gasteiger partial charge in [-0.05, 0) is 54.1 Å². The first kappa shape index (κ1) is 17.4. The molecule has 1 aliphatic heterocycles. The highest BCUT2D eigenvalue weighted by molar-refractivity contribution is 5.86. The van der Waals surface area contributed by atoms with Crippen LogP contribution < -0.4 is 5.43 Å². The Morgan fingerprint density at radius 3 is 2.21 bits per heavy atom. The number of para-hydroxylation sites is 2. The van der Waals surface area contributed by atoms with Gasteiger partial charge in [-0.2, -0.15) is 0 Å². The lowest BCUT2D eigenvalue weighted by atomic mass is 9.99. The molecule has 1 heterocycles. The van der Waals surface area contributed by atoms with Crippen LogP contribution in [0.2, 0.25) is 0 Å². The number of aliphatic hydroxyl groups excluding tert-OH is 1. The molecule has 0 aromatic heterocycles. The lowest BCUT2D eigenvalue weighted by Crippen LogP contribution is -2.00. The summed E-state index contributed by atoms with van der Waals surface area (Å²) in [5, 5.41) is 30.7. The van der Waals surface area contributed by atoms with Crippen LogP contribution >= 0.6 is 0 Å². The third-order valence-corrected chi connectivity index (χ3v) is 4.41. The lowest BCUT2D eigenvalue weighted by molar-refractivity contribution is 0.461. The molecular formula is C23H16O5. The third kappa shape index (κ3) is 3.21. The second kappa shape index (κ2) is 6.96. The zero-order valence-corrected chi connectivity index (χ0v) is 14.7. The fraction of sp³-hybridized carbons (Fsp3) is 0. The summed E-state index contributed by atoms with van der Waals surface area (Å²) >= 11 is 0.